The molecule has 0 unspecified atom stereocenters. The Morgan fingerprint density at radius 2 is 1.65 bits per heavy atom. The maximum absolute atomic E-state index is 8.94. The summed E-state index contributed by atoms with van der Waals surface area (Å²) in [6.45, 7) is 0.478. The van der Waals surface area contributed by atoms with Gasteiger partial charge in [-0.25, -0.2) is 0 Å². The fraction of sp³-hybridized carbons (Fsp3) is 0.0588. The number of nitriles is 2. The zero-order valence-corrected chi connectivity index (χ0v) is 10.7. The summed E-state index contributed by atoms with van der Waals surface area (Å²) >= 11 is 0. The van der Waals surface area contributed by atoms with Crippen LogP contribution in [0.4, 0.5) is 5.69 Å². The maximum atomic E-state index is 8.94. The van der Waals surface area contributed by atoms with Crippen LogP contribution < -0.4 is 5.32 Å². The van der Waals surface area contributed by atoms with Crippen LogP contribution in [0.5, 0.6) is 0 Å². The Morgan fingerprint density at radius 3 is 2.35 bits per heavy atom. The highest BCUT2D eigenvalue weighted by Crippen LogP contribution is 2.14. The summed E-state index contributed by atoms with van der Waals surface area (Å²) in [7, 11) is 0. The maximum Gasteiger partial charge on any atom is 0.101 e. The van der Waals surface area contributed by atoms with Crippen LogP contribution in [0.1, 0.15) is 16.7 Å². The van der Waals surface area contributed by atoms with Crippen molar-refractivity contribution in [3.8, 4) is 24.0 Å². The normalized spacial score (nSPS) is 8.70. The summed E-state index contributed by atoms with van der Waals surface area (Å²) in [4.78, 5) is 0. The fourth-order valence-electron chi connectivity index (χ4n) is 1.66. The molecule has 2 rings (SSSR count). The third-order valence-corrected chi connectivity index (χ3v) is 2.65. The van der Waals surface area contributed by atoms with Crippen LogP contribution in [0.15, 0.2) is 48.5 Å². The predicted octanol–water partition coefficient (Wildman–Crippen LogP) is 2.89. The SMILES string of the molecule is N#Cc1ccc(NCC#Cc2ccccc2)cc1C#N. The highest BCUT2D eigenvalue weighted by Gasteiger charge is 2.01. The van der Waals surface area contributed by atoms with Crippen molar-refractivity contribution < 1.29 is 0 Å². The van der Waals surface area contributed by atoms with E-state index in [1.807, 2.05) is 42.5 Å². The van der Waals surface area contributed by atoms with Gasteiger partial charge in [-0.05, 0) is 30.3 Å². The van der Waals surface area contributed by atoms with E-state index in [0.717, 1.165) is 11.3 Å². The smallest absolute Gasteiger partial charge is 0.101 e. The van der Waals surface area contributed by atoms with E-state index in [2.05, 4.69) is 17.2 Å². The van der Waals surface area contributed by atoms with Gasteiger partial charge in [0.25, 0.3) is 0 Å². The molecule has 0 saturated carbocycles. The first-order chi connectivity index (χ1) is 9.83. The molecule has 20 heavy (non-hydrogen) atoms. The molecule has 0 bridgehead atoms. The first-order valence-electron chi connectivity index (χ1n) is 6.05. The van der Waals surface area contributed by atoms with Crippen molar-refractivity contribution in [3.63, 3.8) is 0 Å². The third kappa shape index (κ3) is 3.39. The average molecular weight is 257 g/mol. The van der Waals surface area contributed by atoms with Crippen LogP contribution in [0.3, 0.4) is 0 Å². The number of nitrogens with zero attached hydrogens (tertiary/aromatic N) is 2. The van der Waals surface area contributed by atoms with Crippen molar-refractivity contribution in [3.05, 3.63) is 65.2 Å². The van der Waals surface area contributed by atoms with Crippen LogP contribution in [0.25, 0.3) is 0 Å². The molecule has 0 aliphatic heterocycles. The van der Waals surface area contributed by atoms with Crippen LogP contribution >= 0.6 is 0 Å². The van der Waals surface area contributed by atoms with Gasteiger partial charge in [-0.1, -0.05) is 30.0 Å². The topological polar surface area (TPSA) is 59.6 Å². The molecule has 2 aromatic carbocycles. The Balaban J connectivity index is 2.01. The summed E-state index contributed by atoms with van der Waals surface area (Å²) in [5, 5.41) is 20.9. The van der Waals surface area contributed by atoms with Crippen LogP contribution in [-0.2, 0) is 0 Å². The quantitative estimate of drug-likeness (QED) is 0.841. The minimum absolute atomic E-state index is 0.369. The van der Waals surface area contributed by atoms with Gasteiger partial charge >= 0.3 is 0 Å². The largest absolute Gasteiger partial charge is 0.374 e. The molecule has 0 heterocycles. The van der Waals surface area contributed by atoms with E-state index in [1.54, 1.807) is 18.2 Å². The monoisotopic (exact) mass is 257 g/mol. The van der Waals surface area contributed by atoms with Crippen molar-refractivity contribution in [2.75, 3.05) is 11.9 Å². The Labute approximate surface area is 118 Å². The van der Waals surface area contributed by atoms with Gasteiger partial charge in [-0.3, -0.25) is 0 Å². The van der Waals surface area contributed by atoms with E-state index in [9.17, 15) is 0 Å². The fourth-order valence-corrected chi connectivity index (χ4v) is 1.66. The molecule has 0 saturated heterocycles. The molecule has 0 aliphatic rings. The van der Waals surface area contributed by atoms with E-state index in [0.29, 0.717) is 17.7 Å². The van der Waals surface area contributed by atoms with Gasteiger partial charge in [-0.15, -0.1) is 0 Å². The van der Waals surface area contributed by atoms with Crippen molar-refractivity contribution in [1.82, 2.24) is 0 Å². The predicted molar refractivity (Wildman–Crippen MR) is 77.7 cm³/mol. The second kappa shape index (κ2) is 6.64. The number of rotatable bonds is 2. The summed E-state index contributed by atoms with van der Waals surface area (Å²) in [6.07, 6.45) is 0. The molecular formula is C17H11N3. The van der Waals surface area contributed by atoms with Crippen molar-refractivity contribution in [2.45, 2.75) is 0 Å². The number of hydrogen-bond donors (Lipinski definition) is 1. The number of benzene rings is 2. The molecule has 1 N–H and O–H groups in total. The van der Waals surface area contributed by atoms with Gasteiger partial charge < -0.3 is 5.32 Å². The molecule has 2 aromatic rings. The second-order valence-corrected chi connectivity index (χ2v) is 4.01. The Bertz CT molecular complexity index is 738. The number of nitrogens with one attached hydrogen (secondary N) is 1. The van der Waals surface area contributed by atoms with Crippen molar-refractivity contribution in [2.24, 2.45) is 0 Å². The van der Waals surface area contributed by atoms with Gasteiger partial charge in [0.2, 0.25) is 0 Å². The van der Waals surface area contributed by atoms with Crippen LogP contribution in [-0.4, -0.2) is 6.54 Å². The van der Waals surface area contributed by atoms with Gasteiger partial charge in [0, 0.05) is 11.3 Å². The molecule has 3 nitrogen and oxygen atoms in total. The van der Waals surface area contributed by atoms with E-state index >= 15 is 0 Å². The van der Waals surface area contributed by atoms with Crippen LogP contribution in [0, 0.1) is 34.5 Å². The summed E-state index contributed by atoms with van der Waals surface area (Å²) in [5.41, 5.74) is 2.50. The standard InChI is InChI=1S/C17H11N3/c18-12-15-8-9-17(11-16(15)13-19)20-10-4-7-14-5-2-1-3-6-14/h1-3,5-6,8-9,11,20H,10H2. The lowest BCUT2D eigenvalue weighted by Gasteiger charge is -2.03. The summed E-state index contributed by atoms with van der Waals surface area (Å²) in [6, 6.07) is 18.8. The average Bonchev–Trinajstić information content (AvgIpc) is 2.52. The molecular weight excluding hydrogens is 246 g/mol. The lowest BCUT2D eigenvalue weighted by Crippen LogP contribution is -1.99. The van der Waals surface area contributed by atoms with Crippen LogP contribution in [0.2, 0.25) is 0 Å². The van der Waals surface area contributed by atoms with E-state index in [1.165, 1.54) is 0 Å². The molecule has 0 radical (unpaired) electrons. The zero-order chi connectivity index (χ0) is 14.2. The van der Waals surface area contributed by atoms with E-state index < -0.39 is 0 Å². The molecule has 94 valence electrons. The minimum Gasteiger partial charge on any atom is -0.374 e. The van der Waals surface area contributed by atoms with Crippen molar-refractivity contribution >= 4 is 5.69 Å². The first-order valence-corrected chi connectivity index (χ1v) is 6.05. The van der Waals surface area contributed by atoms with Gasteiger partial charge in [0.05, 0.1) is 17.7 Å². The minimum atomic E-state index is 0.369. The summed E-state index contributed by atoms with van der Waals surface area (Å²) in [5.74, 6) is 6.04. The molecule has 0 aliphatic carbocycles. The molecule has 0 amide bonds. The first kappa shape index (κ1) is 13.2. The lowest BCUT2D eigenvalue weighted by atomic mass is 10.1. The molecule has 0 aromatic heterocycles. The number of anilines is 1. The van der Waals surface area contributed by atoms with Crippen molar-refractivity contribution in [1.29, 1.82) is 10.5 Å². The highest BCUT2D eigenvalue weighted by atomic mass is 14.8. The van der Waals surface area contributed by atoms with Gasteiger partial charge in [-0.2, -0.15) is 10.5 Å². The molecule has 0 fully saturated rings. The second-order valence-electron chi connectivity index (χ2n) is 4.01. The Kier molecular flexibility index (Phi) is 4.39. The molecule has 3 heteroatoms. The van der Waals surface area contributed by atoms with E-state index in [-0.39, 0.29) is 0 Å². The lowest BCUT2D eigenvalue weighted by molar-refractivity contribution is 1.36. The van der Waals surface area contributed by atoms with E-state index in [4.69, 9.17) is 10.5 Å². The Hall–Kier alpha value is -3.22. The number of hydrogen-bond acceptors (Lipinski definition) is 3. The molecule has 0 spiro atoms. The van der Waals surface area contributed by atoms with Gasteiger partial charge in [0.15, 0.2) is 0 Å². The summed E-state index contributed by atoms with van der Waals surface area (Å²) < 4.78 is 0. The Morgan fingerprint density at radius 1 is 0.900 bits per heavy atom. The third-order valence-electron chi connectivity index (χ3n) is 2.65. The zero-order valence-electron chi connectivity index (χ0n) is 10.7. The molecule has 0 atom stereocenters. The van der Waals surface area contributed by atoms with Gasteiger partial charge in [0.1, 0.15) is 12.1 Å². The highest BCUT2D eigenvalue weighted by molar-refractivity contribution is 5.56.